The zero-order valence-corrected chi connectivity index (χ0v) is 16.5. The first-order chi connectivity index (χ1) is 9.42. The summed E-state index contributed by atoms with van der Waals surface area (Å²) in [5.74, 6) is 0. The van der Waals surface area contributed by atoms with Gasteiger partial charge in [-0.25, -0.2) is 0 Å². The van der Waals surface area contributed by atoms with Crippen LogP contribution in [0.1, 0.15) is 11.1 Å². The molecule has 0 aliphatic rings. The molecule has 0 saturated heterocycles. The molecule has 0 aliphatic heterocycles. The van der Waals surface area contributed by atoms with Crippen molar-refractivity contribution in [2.24, 2.45) is 0 Å². The summed E-state index contributed by atoms with van der Waals surface area (Å²) in [6.07, 6.45) is 0. The van der Waals surface area contributed by atoms with Crippen LogP contribution in [0.25, 0.3) is 10.8 Å². The van der Waals surface area contributed by atoms with Gasteiger partial charge in [0.15, 0.2) is 0 Å². The van der Waals surface area contributed by atoms with Crippen LogP contribution in [0.2, 0.25) is 0 Å². The molecule has 1 heteroatoms. The Bertz CT molecular complexity index is 659. The van der Waals surface area contributed by atoms with Crippen LogP contribution in [0.5, 0.6) is 0 Å². The van der Waals surface area contributed by atoms with Crippen molar-refractivity contribution in [2.45, 2.75) is 7.86 Å². The van der Waals surface area contributed by atoms with Crippen LogP contribution in [0.4, 0.5) is 0 Å². The van der Waals surface area contributed by atoms with E-state index in [1.54, 1.807) is 0 Å². The Morgan fingerprint density at radius 1 is 0.579 bits per heavy atom. The molecule has 0 heterocycles. The van der Waals surface area contributed by atoms with E-state index in [0.29, 0.717) is 0 Å². The predicted octanol–water partition coefficient (Wildman–Crippen LogP) is 4.62. The molecule has 90 valence electrons. The number of hydrogen-bond acceptors (Lipinski definition) is 0. The minimum absolute atomic E-state index is 0.809. The second-order valence-electron chi connectivity index (χ2n) is 5.02. The molecule has 0 atom stereocenters. The SMILES string of the molecule is c1ccc([CH2][Hg][CH2]c2ccc3ccccc3c2)cc1. The topological polar surface area (TPSA) is 0 Å². The zero-order chi connectivity index (χ0) is 12.9. The Hall–Kier alpha value is -1.14. The van der Waals surface area contributed by atoms with Crippen LogP contribution in [-0.2, 0) is 32.4 Å². The fraction of sp³-hybridized carbons (Fsp3) is 0.111. The Kier molecular flexibility index (Phi) is 4.29. The number of rotatable bonds is 4. The van der Waals surface area contributed by atoms with E-state index in [9.17, 15) is 0 Å². The van der Waals surface area contributed by atoms with Crippen molar-refractivity contribution in [1.82, 2.24) is 0 Å². The second kappa shape index (κ2) is 6.34. The first-order valence-corrected chi connectivity index (χ1v) is 14.7. The Balaban J connectivity index is 1.65. The van der Waals surface area contributed by atoms with E-state index in [0.717, 1.165) is 0 Å². The van der Waals surface area contributed by atoms with Crippen LogP contribution in [0, 0.1) is 0 Å². The molecule has 0 nitrogen and oxygen atoms in total. The Labute approximate surface area is 126 Å². The van der Waals surface area contributed by atoms with E-state index in [2.05, 4.69) is 72.8 Å². The molecule has 19 heavy (non-hydrogen) atoms. The van der Waals surface area contributed by atoms with Gasteiger partial charge in [0, 0.05) is 0 Å². The molecule has 0 fully saturated rings. The van der Waals surface area contributed by atoms with Gasteiger partial charge in [-0.2, -0.15) is 0 Å². The fourth-order valence-corrected chi connectivity index (χ4v) is 8.90. The number of hydrogen-bond donors (Lipinski definition) is 0. The van der Waals surface area contributed by atoms with Gasteiger partial charge >= 0.3 is 127 Å². The molecule has 0 aliphatic carbocycles. The van der Waals surface area contributed by atoms with Crippen molar-refractivity contribution in [3.8, 4) is 0 Å². The van der Waals surface area contributed by atoms with Gasteiger partial charge in [0.25, 0.3) is 0 Å². The van der Waals surface area contributed by atoms with Crippen LogP contribution in [0.15, 0.2) is 72.8 Å². The van der Waals surface area contributed by atoms with Gasteiger partial charge in [0.05, 0.1) is 0 Å². The van der Waals surface area contributed by atoms with Crippen molar-refractivity contribution >= 4 is 10.8 Å². The standard InChI is InChI=1S/C11H9.C7H7.Hg/c1-9-6-7-10-4-2-3-5-11(10)8-9;1-7-5-3-2-4-6-7;/h2-8H,1H2;2-6H,1H2;. The Morgan fingerprint density at radius 2 is 1.26 bits per heavy atom. The molecule has 3 rings (SSSR count). The first-order valence-electron chi connectivity index (χ1n) is 6.93. The van der Waals surface area contributed by atoms with Crippen LogP contribution >= 0.6 is 0 Å². The average molecular weight is 433 g/mol. The Morgan fingerprint density at radius 3 is 2.11 bits per heavy atom. The molecular formula is C18H16Hg. The third kappa shape index (κ3) is 3.45. The summed E-state index contributed by atoms with van der Waals surface area (Å²) in [6, 6.07) is 26.5. The molecule has 0 amide bonds. The van der Waals surface area contributed by atoms with Gasteiger partial charge in [-0.1, -0.05) is 0 Å². The van der Waals surface area contributed by atoms with E-state index in [1.807, 2.05) is 0 Å². The summed E-state index contributed by atoms with van der Waals surface area (Å²) in [7, 11) is 0. The van der Waals surface area contributed by atoms with Crippen molar-refractivity contribution in [3.05, 3.63) is 83.9 Å². The molecular weight excluding hydrogens is 417 g/mol. The number of benzene rings is 3. The van der Waals surface area contributed by atoms with E-state index in [4.69, 9.17) is 0 Å². The van der Waals surface area contributed by atoms with E-state index in [1.165, 1.54) is 29.8 Å². The summed E-state index contributed by atoms with van der Waals surface area (Å²) in [4.78, 5) is 0. The number of fused-ring (bicyclic) bond motifs is 1. The van der Waals surface area contributed by atoms with Crippen molar-refractivity contribution < 1.29 is 24.6 Å². The van der Waals surface area contributed by atoms with E-state index < -0.39 is 24.6 Å². The average Bonchev–Trinajstić information content (AvgIpc) is 2.48. The van der Waals surface area contributed by atoms with Gasteiger partial charge in [0.2, 0.25) is 0 Å². The predicted molar refractivity (Wildman–Crippen MR) is 77.8 cm³/mol. The van der Waals surface area contributed by atoms with Crippen molar-refractivity contribution in [3.63, 3.8) is 0 Å². The maximum absolute atomic E-state index is 2.38. The third-order valence-corrected chi connectivity index (χ3v) is 10.8. The first kappa shape index (κ1) is 12.9. The molecule has 3 aromatic carbocycles. The molecule has 0 radical (unpaired) electrons. The molecule has 0 spiro atoms. The molecule has 0 unspecified atom stereocenters. The van der Waals surface area contributed by atoms with E-state index >= 15 is 0 Å². The van der Waals surface area contributed by atoms with Gasteiger partial charge in [0.1, 0.15) is 0 Å². The van der Waals surface area contributed by atoms with E-state index in [-0.39, 0.29) is 0 Å². The van der Waals surface area contributed by atoms with Gasteiger partial charge in [-0.15, -0.1) is 0 Å². The van der Waals surface area contributed by atoms with Crippen molar-refractivity contribution in [1.29, 1.82) is 0 Å². The van der Waals surface area contributed by atoms with Crippen LogP contribution in [-0.4, -0.2) is 0 Å². The van der Waals surface area contributed by atoms with Crippen molar-refractivity contribution in [2.75, 3.05) is 0 Å². The van der Waals surface area contributed by atoms with Crippen LogP contribution < -0.4 is 0 Å². The van der Waals surface area contributed by atoms with Gasteiger partial charge in [-0.05, 0) is 0 Å². The zero-order valence-electron chi connectivity index (χ0n) is 11.0. The molecule has 0 N–H and O–H groups in total. The quantitative estimate of drug-likeness (QED) is 0.528. The molecule has 0 saturated carbocycles. The summed E-state index contributed by atoms with van der Waals surface area (Å²) in [5.41, 5.74) is 3.07. The minimum atomic E-state index is -0.809. The maximum atomic E-state index is 2.38. The summed E-state index contributed by atoms with van der Waals surface area (Å²) >= 11 is -0.809. The second-order valence-corrected chi connectivity index (χ2v) is 11.7. The normalized spacial score (nSPS) is 10.3. The monoisotopic (exact) mass is 434 g/mol. The third-order valence-electron chi connectivity index (χ3n) is 3.59. The van der Waals surface area contributed by atoms with Gasteiger partial charge < -0.3 is 0 Å². The fourth-order valence-electron chi connectivity index (χ4n) is 2.54. The summed E-state index contributed by atoms with van der Waals surface area (Å²) < 4.78 is 2.76. The molecule has 0 bridgehead atoms. The molecule has 3 aromatic rings. The van der Waals surface area contributed by atoms with Crippen LogP contribution in [0.3, 0.4) is 0 Å². The summed E-state index contributed by atoms with van der Waals surface area (Å²) in [6.45, 7) is 0. The molecule has 0 aromatic heterocycles. The van der Waals surface area contributed by atoms with Gasteiger partial charge in [-0.3, -0.25) is 0 Å². The summed E-state index contributed by atoms with van der Waals surface area (Å²) in [5, 5.41) is 2.74.